The van der Waals surface area contributed by atoms with Crippen LogP contribution in [0.25, 0.3) is 0 Å². The van der Waals surface area contributed by atoms with Gasteiger partial charge in [0.05, 0.1) is 4.90 Å². The molecule has 1 amide bonds. The minimum Gasteiger partial charge on any atom is -0.349 e. The van der Waals surface area contributed by atoms with Crippen molar-refractivity contribution in [1.82, 2.24) is 5.32 Å². The summed E-state index contributed by atoms with van der Waals surface area (Å²) in [4.78, 5) is 12.6. The van der Waals surface area contributed by atoms with E-state index in [4.69, 9.17) is 5.73 Å². The number of halogens is 1. The van der Waals surface area contributed by atoms with Crippen molar-refractivity contribution in [3.8, 4) is 0 Å². The molecule has 0 radical (unpaired) electrons. The normalized spacial score (nSPS) is 18.9. The molecule has 1 aliphatic rings. The van der Waals surface area contributed by atoms with Crippen molar-refractivity contribution in [2.75, 3.05) is 11.3 Å². The summed E-state index contributed by atoms with van der Waals surface area (Å²) in [5.74, 6) is 0.0109. The SMILES string of the molecule is Cc1ccc(NS(=O)(=O)c2cccc(C(=O)NC3CCCC3CN)c2)cc1.Cl. The average molecular weight is 424 g/mol. The first-order valence-corrected chi connectivity index (χ1v) is 10.6. The largest absolute Gasteiger partial charge is 0.349 e. The van der Waals surface area contributed by atoms with Crippen LogP contribution in [-0.4, -0.2) is 26.9 Å². The van der Waals surface area contributed by atoms with E-state index in [1.54, 1.807) is 24.3 Å². The highest BCUT2D eigenvalue weighted by Crippen LogP contribution is 2.25. The molecule has 0 aromatic heterocycles. The number of carbonyl (C=O) groups is 1. The van der Waals surface area contributed by atoms with Gasteiger partial charge >= 0.3 is 0 Å². The van der Waals surface area contributed by atoms with Gasteiger partial charge in [0.25, 0.3) is 15.9 Å². The van der Waals surface area contributed by atoms with E-state index < -0.39 is 10.0 Å². The Labute approximate surface area is 172 Å². The summed E-state index contributed by atoms with van der Waals surface area (Å²) < 4.78 is 27.8. The fourth-order valence-electron chi connectivity index (χ4n) is 3.40. The smallest absolute Gasteiger partial charge is 0.261 e. The van der Waals surface area contributed by atoms with Crippen LogP contribution in [0.5, 0.6) is 0 Å². The second-order valence-corrected chi connectivity index (χ2v) is 8.69. The molecule has 0 spiro atoms. The summed E-state index contributed by atoms with van der Waals surface area (Å²) in [6.45, 7) is 2.47. The molecule has 0 bridgehead atoms. The van der Waals surface area contributed by atoms with Crippen LogP contribution in [0.3, 0.4) is 0 Å². The third kappa shape index (κ3) is 5.25. The van der Waals surface area contributed by atoms with Gasteiger partial charge in [0, 0.05) is 17.3 Å². The number of carbonyl (C=O) groups excluding carboxylic acids is 1. The molecule has 1 fully saturated rings. The van der Waals surface area contributed by atoms with Crippen LogP contribution in [-0.2, 0) is 10.0 Å². The Morgan fingerprint density at radius 2 is 1.86 bits per heavy atom. The Morgan fingerprint density at radius 3 is 2.54 bits per heavy atom. The van der Waals surface area contributed by atoms with Crippen LogP contribution in [0, 0.1) is 12.8 Å². The topological polar surface area (TPSA) is 101 Å². The number of hydrogen-bond donors (Lipinski definition) is 3. The summed E-state index contributed by atoms with van der Waals surface area (Å²) in [6, 6.07) is 13.2. The molecule has 8 heteroatoms. The number of amides is 1. The molecule has 6 nitrogen and oxygen atoms in total. The van der Waals surface area contributed by atoms with Crippen molar-refractivity contribution >= 4 is 34.0 Å². The monoisotopic (exact) mass is 423 g/mol. The van der Waals surface area contributed by atoms with Crippen LogP contribution >= 0.6 is 12.4 Å². The van der Waals surface area contributed by atoms with Gasteiger partial charge in [-0.15, -0.1) is 12.4 Å². The Morgan fingerprint density at radius 1 is 1.14 bits per heavy atom. The first-order chi connectivity index (χ1) is 12.9. The lowest BCUT2D eigenvalue weighted by atomic mass is 10.0. The van der Waals surface area contributed by atoms with Gasteiger partial charge < -0.3 is 11.1 Å². The van der Waals surface area contributed by atoms with Gasteiger partial charge in [-0.2, -0.15) is 0 Å². The van der Waals surface area contributed by atoms with Crippen LogP contribution in [0.2, 0.25) is 0 Å². The molecule has 1 aliphatic carbocycles. The van der Waals surface area contributed by atoms with Crippen molar-refractivity contribution < 1.29 is 13.2 Å². The van der Waals surface area contributed by atoms with E-state index in [2.05, 4.69) is 10.0 Å². The van der Waals surface area contributed by atoms with Gasteiger partial charge in [-0.25, -0.2) is 8.42 Å². The lowest BCUT2D eigenvalue weighted by molar-refractivity contribution is 0.0928. The number of aryl methyl sites for hydroxylation is 1. The molecule has 152 valence electrons. The van der Waals surface area contributed by atoms with Gasteiger partial charge in [0.1, 0.15) is 0 Å². The number of nitrogens with two attached hydrogens (primary N) is 1. The Kier molecular flexibility index (Phi) is 7.46. The second kappa shape index (κ2) is 9.41. The van der Waals surface area contributed by atoms with Crippen molar-refractivity contribution in [2.24, 2.45) is 11.7 Å². The summed E-state index contributed by atoms with van der Waals surface area (Å²) in [7, 11) is -3.77. The predicted octanol–water partition coefficient (Wildman–Crippen LogP) is 3.07. The minimum absolute atomic E-state index is 0. The summed E-state index contributed by atoms with van der Waals surface area (Å²) in [6.07, 6.45) is 2.96. The van der Waals surface area contributed by atoms with Crippen LogP contribution in [0.1, 0.15) is 35.2 Å². The van der Waals surface area contributed by atoms with E-state index in [9.17, 15) is 13.2 Å². The van der Waals surface area contributed by atoms with E-state index >= 15 is 0 Å². The third-order valence-electron chi connectivity index (χ3n) is 4.99. The van der Waals surface area contributed by atoms with Gasteiger partial charge in [0.15, 0.2) is 0 Å². The van der Waals surface area contributed by atoms with Crippen LogP contribution in [0.15, 0.2) is 53.4 Å². The first kappa shape index (κ1) is 22.2. The summed E-state index contributed by atoms with van der Waals surface area (Å²) in [5.41, 5.74) is 7.61. The fraction of sp³-hybridized carbons (Fsp3) is 0.350. The number of hydrogen-bond acceptors (Lipinski definition) is 4. The first-order valence-electron chi connectivity index (χ1n) is 9.09. The quantitative estimate of drug-likeness (QED) is 0.664. The molecule has 4 N–H and O–H groups in total. The number of nitrogens with one attached hydrogen (secondary N) is 2. The highest BCUT2D eigenvalue weighted by Gasteiger charge is 2.28. The number of benzene rings is 2. The predicted molar refractivity (Wildman–Crippen MR) is 113 cm³/mol. The van der Waals surface area contributed by atoms with E-state index in [0.717, 1.165) is 24.8 Å². The molecule has 2 unspecified atom stereocenters. The zero-order chi connectivity index (χ0) is 19.4. The molecule has 1 saturated carbocycles. The highest BCUT2D eigenvalue weighted by molar-refractivity contribution is 7.92. The number of sulfonamides is 1. The molecule has 2 atom stereocenters. The summed E-state index contributed by atoms with van der Waals surface area (Å²) >= 11 is 0. The van der Waals surface area contributed by atoms with Gasteiger partial charge in [0.2, 0.25) is 0 Å². The van der Waals surface area contributed by atoms with Crippen molar-refractivity contribution in [3.63, 3.8) is 0 Å². The average Bonchev–Trinajstić information content (AvgIpc) is 3.10. The molecule has 3 rings (SSSR count). The Balaban J connectivity index is 0.00000280. The number of rotatable bonds is 6. The highest BCUT2D eigenvalue weighted by atomic mass is 35.5. The fourth-order valence-corrected chi connectivity index (χ4v) is 4.50. The van der Waals surface area contributed by atoms with Crippen LogP contribution < -0.4 is 15.8 Å². The van der Waals surface area contributed by atoms with Crippen LogP contribution in [0.4, 0.5) is 5.69 Å². The van der Waals surface area contributed by atoms with Crippen molar-refractivity contribution in [1.29, 1.82) is 0 Å². The molecule has 2 aromatic rings. The molecular formula is C20H26ClN3O3S. The minimum atomic E-state index is -3.77. The van der Waals surface area contributed by atoms with Crippen molar-refractivity contribution in [3.05, 3.63) is 59.7 Å². The molecule has 0 heterocycles. The van der Waals surface area contributed by atoms with E-state index in [-0.39, 0.29) is 35.2 Å². The Bertz CT molecular complexity index is 917. The zero-order valence-electron chi connectivity index (χ0n) is 15.7. The van der Waals surface area contributed by atoms with E-state index in [1.165, 1.54) is 12.1 Å². The maximum atomic E-state index is 12.6. The van der Waals surface area contributed by atoms with Gasteiger partial charge in [-0.05, 0) is 62.6 Å². The lowest BCUT2D eigenvalue weighted by Crippen LogP contribution is -2.39. The maximum absolute atomic E-state index is 12.6. The molecule has 0 saturated heterocycles. The van der Waals surface area contributed by atoms with E-state index in [0.29, 0.717) is 17.8 Å². The van der Waals surface area contributed by atoms with Crippen molar-refractivity contribution in [2.45, 2.75) is 37.1 Å². The van der Waals surface area contributed by atoms with Gasteiger partial charge in [-0.1, -0.05) is 30.2 Å². The second-order valence-electron chi connectivity index (χ2n) is 7.01. The maximum Gasteiger partial charge on any atom is 0.261 e. The molecule has 2 aromatic carbocycles. The molecule has 28 heavy (non-hydrogen) atoms. The third-order valence-corrected chi connectivity index (χ3v) is 6.37. The molecule has 0 aliphatic heterocycles. The Hall–Kier alpha value is -2.09. The lowest BCUT2D eigenvalue weighted by Gasteiger charge is -2.19. The zero-order valence-corrected chi connectivity index (χ0v) is 17.4. The number of anilines is 1. The van der Waals surface area contributed by atoms with E-state index in [1.807, 2.05) is 19.1 Å². The van der Waals surface area contributed by atoms with Gasteiger partial charge in [-0.3, -0.25) is 9.52 Å². The standard InChI is InChI=1S/C20H25N3O3S.ClH/c1-14-8-10-17(11-9-14)23-27(25,26)18-6-2-4-15(12-18)20(24)22-19-7-3-5-16(19)13-21;/h2,4,6,8-12,16,19,23H,3,5,7,13,21H2,1H3,(H,22,24);1H. The molecular weight excluding hydrogens is 398 g/mol. The summed E-state index contributed by atoms with van der Waals surface area (Å²) in [5, 5.41) is 3.00.